The number of esters is 1. The zero-order valence-electron chi connectivity index (χ0n) is 13.9. The summed E-state index contributed by atoms with van der Waals surface area (Å²) in [7, 11) is 0. The molecule has 0 atom stereocenters. The summed E-state index contributed by atoms with van der Waals surface area (Å²) in [4.78, 5) is 24.2. The van der Waals surface area contributed by atoms with Gasteiger partial charge in [-0.15, -0.1) is 0 Å². The lowest BCUT2D eigenvalue weighted by atomic mass is 10.2. The second-order valence-corrected chi connectivity index (χ2v) is 5.42. The quantitative estimate of drug-likeness (QED) is 0.714. The van der Waals surface area contributed by atoms with Crippen molar-refractivity contribution < 1.29 is 14.3 Å². The Morgan fingerprint density at radius 3 is 2.76 bits per heavy atom. The topological polar surface area (TPSA) is 84.7 Å². The number of aromatic nitrogens is 2. The third kappa shape index (κ3) is 3.60. The second kappa shape index (κ2) is 7.04. The van der Waals surface area contributed by atoms with E-state index in [1.54, 1.807) is 29.8 Å². The van der Waals surface area contributed by atoms with E-state index in [2.05, 4.69) is 15.7 Å². The first-order chi connectivity index (χ1) is 12.1. The van der Waals surface area contributed by atoms with Crippen LogP contribution >= 0.6 is 0 Å². The van der Waals surface area contributed by atoms with E-state index in [1.807, 2.05) is 31.2 Å². The number of carbonyl (C=O) groups excluding carboxylic acids is 2. The van der Waals surface area contributed by atoms with Crippen LogP contribution in [-0.4, -0.2) is 28.2 Å². The number of benzene rings is 1. The van der Waals surface area contributed by atoms with Gasteiger partial charge in [-0.05, 0) is 37.6 Å². The van der Waals surface area contributed by atoms with E-state index in [9.17, 15) is 9.59 Å². The zero-order chi connectivity index (χ0) is 17.8. The Morgan fingerprint density at radius 2 is 2.00 bits per heavy atom. The first kappa shape index (κ1) is 16.5. The molecule has 2 aromatic heterocycles. The summed E-state index contributed by atoms with van der Waals surface area (Å²) in [5.41, 5.74) is 3.16. The Kier molecular flexibility index (Phi) is 4.65. The molecule has 1 aromatic carbocycles. The molecule has 2 amide bonds. The Morgan fingerprint density at radius 1 is 1.20 bits per heavy atom. The van der Waals surface area contributed by atoms with E-state index < -0.39 is 5.97 Å². The summed E-state index contributed by atoms with van der Waals surface area (Å²) in [6.45, 7) is 3.94. The van der Waals surface area contributed by atoms with Crippen LogP contribution in [0.4, 0.5) is 16.2 Å². The number of hydrogen-bond donors (Lipinski definition) is 2. The number of urea groups is 1. The fourth-order valence-electron chi connectivity index (χ4n) is 2.42. The van der Waals surface area contributed by atoms with Crippen LogP contribution in [-0.2, 0) is 4.74 Å². The maximum absolute atomic E-state index is 12.2. The van der Waals surface area contributed by atoms with Crippen molar-refractivity contribution >= 4 is 28.9 Å². The molecule has 2 N–H and O–H groups in total. The number of amides is 2. The average molecular weight is 338 g/mol. The number of para-hydroxylation sites is 1. The minimum absolute atomic E-state index is 0.285. The van der Waals surface area contributed by atoms with Crippen LogP contribution in [0.2, 0.25) is 0 Å². The summed E-state index contributed by atoms with van der Waals surface area (Å²) in [6.07, 6.45) is 3.12. The third-order valence-corrected chi connectivity index (χ3v) is 3.67. The molecule has 0 spiro atoms. The van der Waals surface area contributed by atoms with E-state index in [4.69, 9.17) is 4.74 Å². The van der Waals surface area contributed by atoms with Crippen LogP contribution in [0.5, 0.6) is 0 Å². The fraction of sp³-hybridized carbons (Fsp3) is 0.167. The molecule has 3 aromatic rings. The first-order valence-corrected chi connectivity index (χ1v) is 7.86. The molecular formula is C18H18N4O3. The predicted molar refractivity (Wildman–Crippen MR) is 95.0 cm³/mol. The molecule has 25 heavy (non-hydrogen) atoms. The molecule has 3 rings (SSSR count). The number of pyridine rings is 1. The molecule has 0 unspecified atom stereocenters. The number of rotatable bonds is 4. The van der Waals surface area contributed by atoms with Gasteiger partial charge in [-0.3, -0.25) is 0 Å². The summed E-state index contributed by atoms with van der Waals surface area (Å²) in [6, 6.07) is 10.5. The SMILES string of the molecule is CCOC(=O)c1cnn2ccc(NC(=O)Nc3ccccc3C)cc12. The molecule has 7 heteroatoms. The van der Waals surface area contributed by atoms with Gasteiger partial charge in [0.2, 0.25) is 0 Å². The lowest BCUT2D eigenvalue weighted by Gasteiger charge is -2.10. The molecule has 0 aliphatic rings. The Labute approximate surface area is 144 Å². The van der Waals surface area contributed by atoms with Crippen molar-refractivity contribution in [1.82, 2.24) is 9.61 Å². The van der Waals surface area contributed by atoms with Crippen molar-refractivity contribution in [2.24, 2.45) is 0 Å². The summed E-state index contributed by atoms with van der Waals surface area (Å²) in [5.74, 6) is -0.445. The van der Waals surface area contributed by atoms with Crippen molar-refractivity contribution in [2.45, 2.75) is 13.8 Å². The van der Waals surface area contributed by atoms with Gasteiger partial charge in [0.25, 0.3) is 0 Å². The molecule has 0 aliphatic heterocycles. The molecule has 0 radical (unpaired) electrons. The number of carbonyl (C=O) groups is 2. The Balaban J connectivity index is 1.79. The summed E-state index contributed by atoms with van der Waals surface area (Å²) < 4.78 is 6.57. The smallest absolute Gasteiger partial charge is 0.341 e. The summed E-state index contributed by atoms with van der Waals surface area (Å²) in [5, 5.41) is 9.66. The highest BCUT2D eigenvalue weighted by molar-refractivity contribution is 6.01. The van der Waals surface area contributed by atoms with E-state index in [-0.39, 0.29) is 12.6 Å². The van der Waals surface area contributed by atoms with Crippen molar-refractivity contribution in [3.63, 3.8) is 0 Å². The maximum atomic E-state index is 12.2. The van der Waals surface area contributed by atoms with E-state index in [0.29, 0.717) is 16.8 Å². The number of ether oxygens (including phenoxy) is 1. The molecule has 0 saturated carbocycles. The van der Waals surface area contributed by atoms with Gasteiger partial charge in [-0.1, -0.05) is 18.2 Å². The minimum Gasteiger partial charge on any atom is -0.462 e. The number of fused-ring (bicyclic) bond motifs is 1. The molecular weight excluding hydrogens is 320 g/mol. The Bertz CT molecular complexity index is 933. The number of nitrogens with one attached hydrogen (secondary N) is 2. The van der Waals surface area contributed by atoms with Gasteiger partial charge in [-0.2, -0.15) is 5.10 Å². The van der Waals surface area contributed by atoms with Gasteiger partial charge >= 0.3 is 12.0 Å². The number of hydrogen-bond acceptors (Lipinski definition) is 4. The van der Waals surface area contributed by atoms with Crippen LogP contribution < -0.4 is 10.6 Å². The Hall–Kier alpha value is -3.35. The monoisotopic (exact) mass is 338 g/mol. The number of aryl methyl sites for hydroxylation is 1. The zero-order valence-corrected chi connectivity index (χ0v) is 13.9. The lowest BCUT2D eigenvalue weighted by Crippen LogP contribution is -2.20. The van der Waals surface area contributed by atoms with Crippen molar-refractivity contribution in [1.29, 1.82) is 0 Å². The van der Waals surface area contributed by atoms with Gasteiger partial charge in [0.1, 0.15) is 5.56 Å². The van der Waals surface area contributed by atoms with Crippen LogP contribution in [0.1, 0.15) is 22.8 Å². The molecule has 2 heterocycles. The largest absolute Gasteiger partial charge is 0.462 e. The van der Waals surface area contributed by atoms with Gasteiger partial charge < -0.3 is 15.4 Å². The first-order valence-electron chi connectivity index (χ1n) is 7.86. The van der Waals surface area contributed by atoms with Crippen molar-refractivity contribution in [3.05, 3.63) is 59.9 Å². The van der Waals surface area contributed by atoms with Gasteiger partial charge in [0.15, 0.2) is 0 Å². The molecule has 0 saturated heterocycles. The highest BCUT2D eigenvalue weighted by Gasteiger charge is 2.14. The fourth-order valence-corrected chi connectivity index (χ4v) is 2.42. The van der Waals surface area contributed by atoms with Crippen molar-refractivity contribution in [3.8, 4) is 0 Å². The van der Waals surface area contributed by atoms with Gasteiger partial charge in [-0.25, -0.2) is 14.1 Å². The lowest BCUT2D eigenvalue weighted by molar-refractivity contribution is 0.0528. The van der Waals surface area contributed by atoms with Gasteiger partial charge in [0.05, 0.1) is 18.3 Å². The third-order valence-electron chi connectivity index (χ3n) is 3.67. The van der Waals surface area contributed by atoms with Crippen LogP contribution in [0.25, 0.3) is 5.52 Å². The second-order valence-electron chi connectivity index (χ2n) is 5.42. The minimum atomic E-state index is -0.445. The predicted octanol–water partition coefficient (Wildman–Crippen LogP) is 3.46. The highest BCUT2D eigenvalue weighted by Crippen LogP contribution is 2.18. The van der Waals surface area contributed by atoms with Crippen LogP contribution in [0, 0.1) is 6.92 Å². The number of anilines is 2. The molecule has 0 bridgehead atoms. The highest BCUT2D eigenvalue weighted by atomic mass is 16.5. The molecule has 0 aliphatic carbocycles. The van der Waals surface area contributed by atoms with E-state index in [0.717, 1.165) is 11.3 Å². The normalized spacial score (nSPS) is 10.5. The standard InChI is InChI=1S/C18H18N4O3/c1-3-25-17(23)14-11-19-22-9-8-13(10-16(14)22)20-18(24)21-15-7-5-4-6-12(15)2/h4-11H,3H2,1-2H3,(H2,20,21,24). The van der Waals surface area contributed by atoms with Gasteiger partial charge in [0, 0.05) is 17.6 Å². The molecule has 0 fully saturated rings. The average Bonchev–Trinajstić information content (AvgIpc) is 3.00. The maximum Gasteiger partial charge on any atom is 0.341 e. The summed E-state index contributed by atoms with van der Waals surface area (Å²) >= 11 is 0. The van der Waals surface area contributed by atoms with Crippen LogP contribution in [0.15, 0.2) is 48.8 Å². The molecule has 128 valence electrons. The number of nitrogens with zero attached hydrogens (tertiary/aromatic N) is 2. The van der Waals surface area contributed by atoms with Crippen LogP contribution in [0.3, 0.4) is 0 Å². The molecule has 7 nitrogen and oxygen atoms in total. The van der Waals surface area contributed by atoms with E-state index >= 15 is 0 Å². The van der Waals surface area contributed by atoms with Crippen molar-refractivity contribution in [2.75, 3.05) is 17.2 Å². The van der Waals surface area contributed by atoms with E-state index in [1.165, 1.54) is 6.20 Å².